The topological polar surface area (TPSA) is 68.0 Å². The van der Waals surface area contributed by atoms with Crippen LogP contribution < -0.4 is 5.32 Å². The summed E-state index contributed by atoms with van der Waals surface area (Å²) in [5.74, 6) is 0.975. The third-order valence-corrected chi connectivity index (χ3v) is 4.07. The Hall–Kier alpha value is -2.03. The molecule has 0 aliphatic rings. The molecule has 2 aromatic rings. The SMILES string of the molecule is CC(C)CCSc1nnc(CNC(=O)c2cccc(C(F)(F)F)c2)o1. The van der Waals surface area contributed by atoms with Crippen molar-refractivity contribution in [3.8, 4) is 0 Å². The van der Waals surface area contributed by atoms with Gasteiger partial charge in [-0.3, -0.25) is 4.79 Å². The number of alkyl halides is 3. The molecule has 0 spiro atoms. The highest BCUT2D eigenvalue weighted by Gasteiger charge is 2.30. The Kier molecular flexibility index (Phi) is 6.46. The lowest BCUT2D eigenvalue weighted by Gasteiger charge is -2.08. The summed E-state index contributed by atoms with van der Waals surface area (Å²) in [6.45, 7) is 4.18. The van der Waals surface area contributed by atoms with Crippen molar-refractivity contribution in [3.05, 3.63) is 41.3 Å². The quantitative estimate of drug-likeness (QED) is 0.738. The van der Waals surface area contributed by atoms with Gasteiger partial charge in [-0.05, 0) is 30.5 Å². The first-order chi connectivity index (χ1) is 11.8. The normalized spacial score (nSPS) is 11.8. The van der Waals surface area contributed by atoms with E-state index < -0.39 is 17.6 Å². The Labute approximate surface area is 147 Å². The van der Waals surface area contributed by atoms with Gasteiger partial charge in [0.25, 0.3) is 11.1 Å². The van der Waals surface area contributed by atoms with Crippen LogP contribution in [-0.4, -0.2) is 21.9 Å². The fraction of sp³-hybridized carbons (Fsp3) is 0.438. The van der Waals surface area contributed by atoms with Crippen LogP contribution in [0.15, 0.2) is 33.9 Å². The zero-order valence-corrected chi connectivity index (χ0v) is 14.6. The average Bonchev–Trinajstić information content (AvgIpc) is 2.99. The number of carbonyl (C=O) groups excluding carboxylic acids is 1. The summed E-state index contributed by atoms with van der Waals surface area (Å²) in [6, 6.07) is 4.21. The molecule has 1 amide bonds. The summed E-state index contributed by atoms with van der Waals surface area (Å²) in [6.07, 6.45) is -3.49. The average molecular weight is 373 g/mol. The summed E-state index contributed by atoms with van der Waals surface area (Å²) in [4.78, 5) is 12.0. The zero-order valence-electron chi connectivity index (χ0n) is 13.8. The van der Waals surface area contributed by atoms with Crippen LogP contribution in [0.3, 0.4) is 0 Å². The maximum atomic E-state index is 12.7. The number of nitrogens with one attached hydrogen (secondary N) is 1. The molecule has 25 heavy (non-hydrogen) atoms. The van der Waals surface area contributed by atoms with E-state index in [1.54, 1.807) is 0 Å². The Balaban J connectivity index is 1.89. The third kappa shape index (κ3) is 6.08. The highest BCUT2D eigenvalue weighted by atomic mass is 32.2. The molecular weight excluding hydrogens is 355 g/mol. The number of rotatable bonds is 7. The van der Waals surface area contributed by atoms with Gasteiger partial charge < -0.3 is 9.73 Å². The fourth-order valence-corrected chi connectivity index (χ4v) is 2.86. The van der Waals surface area contributed by atoms with Crippen molar-refractivity contribution in [2.75, 3.05) is 5.75 Å². The van der Waals surface area contributed by atoms with Crippen LogP contribution in [0.1, 0.15) is 42.1 Å². The van der Waals surface area contributed by atoms with E-state index in [2.05, 4.69) is 29.4 Å². The zero-order chi connectivity index (χ0) is 18.4. The van der Waals surface area contributed by atoms with Crippen LogP contribution in [0.5, 0.6) is 0 Å². The number of carbonyl (C=O) groups is 1. The lowest BCUT2D eigenvalue weighted by molar-refractivity contribution is -0.137. The number of amides is 1. The van der Waals surface area contributed by atoms with Gasteiger partial charge in [-0.25, -0.2) is 0 Å². The smallest absolute Gasteiger partial charge is 0.414 e. The van der Waals surface area contributed by atoms with E-state index in [0.29, 0.717) is 11.1 Å². The second kappa shape index (κ2) is 8.37. The first-order valence-electron chi connectivity index (χ1n) is 7.66. The van der Waals surface area contributed by atoms with E-state index in [0.717, 1.165) is 24.3 Å². The first-order valence-corrected chi connectivity index (χ1v) is 8.65. The number of nitrogens with zero attached hydrogens (tertiary/aromatic N) is 2. The predicted octanol–water partition coefficient (Wildman–Crippen LogP) is 4.16. The van der Waals surface area contributed by atoms with Crippen molar-refractivity contribution in [2.24, 2.45) is 5.92 Å². The van der Waals surface area contributed by atoms with E-state index in [-0.39, 0.29) is 18.0 Å². The van der Waals surface area contributed by atoms with Crippen molar-refractivity contribution in [2.45, 2.75) is 38.2 Å². The van der Waals surface area contributed by atoms with Crippen molar-refractivity contribution in [3.63, 3.8) is 0 Å². The van der Waals surface area contributed by atoms with Crippen LogP contribution in [0, 0.1) is 5.92 Å². The van der Waals surface area contributed by atoms with E-state index in [1.807, 2.05) is 0 Å². The predicted molar refractivity (Wildman–Crippen MR) is 87.1 cm³/mol. The molecule has 0 unspecified atom stereocenters. The lowest BCUT2D eigenvalue weighted by atomic mass is 10.1. The van der Waals surface area contributed by atoms with Crippen molar-refractivity contribution in [1.29, 1.82) is 0 Å². The number of hydrogen-bond acceptors (Lipinski definition) is 5. The van der Waals surface area contributed by atoms with Gasteiger partial charge in [0, 0.05) is 11.3 Å². The van der Waals surface area contributed by atoms with Gasteiger partial charge >= 0.3 is 6.18 Å². The number of hydrogen-bond donors (Lipinski definition) is 1. The first kappa shape index (κ1) is 19.3. The molecule has 0 radical (unpaired) electrons. The molecule has 0 saturated heterocycles. The number of benzene rings is 1. The van der Waals surface area contributed by atoms with Crippen LogP contribution in [0.4, 0.5) is 13.2 Å². The number of halogens is 3. The molecule has 0 atom stereocenters. The minimum atomic E-state index is -4.50. The molecule has 0 bridgehead atoms. The van der Waals surface area contributed by atoms with Crippen LogP contribution >= 0.6 is 11.8 Å². The minimum Gasteiger partial charge on any atom is -0.414 e. The maximum Gasteiger partial charge on any atom is 0.416 e. The molecule has 9 heteroatoms. The molecule has 1 heterocycles. The maximum absolute atomic E-state index is 12.7. The van der Waals surface area contributed by atoms with Crippen LogP contribution in [-0.2, 0) is 12.7 Å². The van der Waals surface area contributed by atoms with Gasteiger partial charge in [-0.1, -0.05) is 31.7 Å². The second-order valence-electron chi connectivity index (χ2n) is 5.75. The van der Waals surface area contributed by atoms with E-state index in [9.17, 15) is 18.0 Å². The van der Waals surface area contributed by atoms with Crippen LogP contribution in [0.25, 0.3) is 0 Å². The Morgan fingerprint density at radius 1 is 1.32 bits per heavy atom. The molecule has 136 valence electrons. The summed E-state index contributed by atoms with van der Waals surface area (Å²) in [5, 5.41) is 10.5. The lowest BCUT2D eigenvalue weighted by Crippen LogP contribution is -2.23. The molecule has 5 nitrogen and oxygen atoms in total. The van der Waals surface area contributed by atoms with Gasteiger partial charge in [0.1, 0.15) is 0 Å². The monoisotopic (exact) mass is 373 g/mol. The number of thioether (sulfide) groups is 1. The minimum absolute atomic E-state index is 0.0488. The molecular formula is C16H18F3N3O2S. The molecule has 1 N–H and O–H groups in total. The van der Waals surface area contributed by atoms with Crippen molar-refractivity contribution < 1.29 is 22.4 Å². The molecule has 0 saturated carbocycles. The molecule has 1 aromatic carbocycles. The van der Waals surface area contributed by atoms with Crippen molar-refractivity contribution in [1.82, 2.24) is 15.5 Å². The molecule has 0 aliphatic carbocycles. The third-order valence-electron chi connectivity index (χ3n) is 3.22. The summed E-state index contributed by atoms with van der Waals surface area (Å²) in [7, 11) is 0. The molecule has 1 aromatic heterocycles. The van der Waals surface area contributed by atoms with Gasteiger partial charge in [-0.15, -0.1) is 10.2 Å². The molecule has 2 rings (SSSR count). The largest absolute Gasteiger partial charge is 0.416 e. The van der Waals surface area contributed by atoms with Gasteiger partial charge in [0.05, 0.1) is 12.1 Å². The fourth-order valence-electron chi connectivity index (χ4n) is 1.84. The van der Waals surface area contributed by atoms with E-state index in [1.165, 1.54) is 23.9 Å². The van der Waals surface area contributed by atoms with Gasteiger partial charge in [0.15, 0.2) is 0 Å². The van der Waals surface area contributed by atoms with Crippen LogP contribution in [0.2, 0.25) is 0 Å². The highest BCUT2D eigenvalue weighted by Crippen LogP contribution is 2.29. The summed E-state index contributed by atoms with van der Waals surface area (Å²) >= 11 is 1.43. The molecule has 0 fully saturated rings. The highest BCUT2D eigenvalue weighted by molar-refractivity contribution is 7.99. The Morgan fingerprint density at radius 3 is 2.76 bits per heavy atom. The van der Waals surface area contributed by atoms with Crippen molar-refractivity contribution >= 4 is 17.7 Å². The standard InChI is InChI=1S/C16H18F3N3O2S/c1-10(2)6-7-25-15-22-21-13(24-15)9-20-14(23)11-4-3-5-12(8-11)16(17,18)19/h3-5,8,10H,6-7,9H2,1-2H3,(H,20,23). The summed E-state index contributed by atoms with van der Waals surface area (Å²) < 4.78 is 43.4. The Morgan fingerprint density at radius 2 is 2.08 bits per heavy atom. The van der Waals surface area contributed by atoms with Gasteiger partial charge in [0.2, 0.25) is 5.89 Å². The summed E-state index contributed by atoms with van der Waals surface area (Å²) in [5.41, 5.74) is -0.956. The number of aromatic nitrogens is 2. The van der Waals surface area contributed by atoms with E-state index in [4.69, 9.17) is 4.42 Å². The van der Waals surface area contributed by atoms with Gasteiger partial charge in [-0.2, -0.15) is 13.2 Å². The Bertz CT molecular complexity index is 717. The van der Waals surface area contributed by atoms with E-state index >= 15 is 0 Å². The molecule has 0 aliphatic heterocycles. The second-order valence-corrected chi connectivity index (χ2v) is 6.80.